The molecule has 3 rings (SSSR count). The third-order valence-corrected chi connectivity index (χ3v) is 6.38. The smallest absolute Gasteiger partial charge is 0.156 e. The van der Waals surface area contributed by atoms with Crippen LogP contribution in [0.25, 0.3) is 0 Å². The van der Waals surface area contributed by atoms with Crippen molar-refractivity contribution in [1.82, 2.24) is 0 Å². The number of benzene rings is 2. The van der Waals surface area contributed by atoms with Crippen molar-refractivity contribution in [3.05, 3.63) is 44.4 Å². The van der Waals surface area contributed by atoms with Crippen molar-refractivity contribution < 1.29 is 14.9 Å². The summed E-state index contributed by atoms with van der Waals surface area (Å²) in [6, 6.07) is 3.12. The second kappa shape index (κ2) is 7.04. The van der Waals surface area contributed by atoms with Gasteiger partial charge in [0.15, 0.2) is 11.4 Å². The van der Waals surface area contributed by atoms with E-state index >= 15 is 0 Å². The predicted octanol–water partition coefficient (Wildman–Crippen LogP) is 5.85. The molecule has 0 spiro atoms. The van der Waals surface area contributed by atoms with E-state index in [1.807, 2.05) is 27.7 Å². The highest BCUT2D eigenvalue weighted by atomic mass is 35.5. The largest absolute Gasteiger partial charge is 0.507 e. The molecule has 0 saturated heterocycles. The lowest BCUT2D eigenvalue weighted by molar-refractivity contribution is 0.134. The van der Waals surface area contributed by atoms with Crippen LogP contribution in [0.4, 0.5) is 5.69 Å². The zero-order chi connectivity index (χ0) is 20.1. The molecule has 3 N–H and O–H groups in total. The van der Waals surface area contributed by atoms with Crippen LogP contribution in [0.1, 0.15) is 35.6 Å². The Morgan fingerprint density at radius 3 is 2.26 bits per heavy atom. The van der Waals surface area contributed by atoms with E-state index < -0.39 is 5.60 Å². The minimum absolute atomic E-state index is 0.144. The second-order valence-electron chi connectivity index (χ2n) is 7.11. The maximum atomic E-state index is 10.3. The maximum Gasteiger partial charge on any atom is 0.156 e. The third kappa shape index (κ3) is 3.44. The third-order valence-electron chi connectivity index (χ3n) is 5.27. The zero-order valence-electron chi connectivity index (χ0n) is 15.5. The van der Waals surface area contributed by atoms with Gasteiger partial charge < -0.3 is 20.3 Å². The molecule has 0 aromatic heterocycles. The van der Waals surface area contributed by atoms with Crippen molar-refractivity contribution >= 4 is 46.1 Å². The highest BCUT2D eigenvalue weighted by Gasteiger charge is 2.38. The molecule has 0 fully saturated rings. The first-order chi connectivity index (χ1) is 12.5. The summed E-state index contributed by atoms with van der Waals surface area (Å²) in [5.74, 6) is 0.945. The van der Waals surface area contributed by atoms with E-state index in [1.165, 1.54) is 0 Å². The molecule has 2 aromatic rings. The summed E-state index contributed by atoms with van der Waals surface area (Å²) >= 11 is 17.6. The van der Waals surface area contributed by atoms with Crippen molar-refractivity contribution in [2.24, 2.45) is 0 Å². The number of phenols is 2. The Morgan fingerprint density at radius 1 is 1.07 bits per heavy atom. The summed E-state index contributed by atoms with van der Waals surface area (Å²) < 4.78 is 6.35. The van der Waals surface area contributed by atoms with E-state index in [9.17, 15) is 10.2 Å². The van der Waals surface area contributed by atoms with E-state index in [1.54, 1.807) is 12.1 Å². The molecular formula is C20H21Cl2NO3S. The number of hydrogen-bond donors (Lipinski definition) is 3. The Hall–Kier alpha value is -1.69. The van der Waals surface area contributed by atoms with Crippen LogP contribution in [-0.2, 0) is 6.42 Å². The monoisotopic (exact) mass is 425 g/mol. The number of hydrogen-bond acceptors (Lipinski definition) is 4. The van der Waals surface area contributed by atoms with Gasteiger partial charge in [-0.15, -0.1) is 0 Å². The lowest BCUT2D eigenvalue weighted by atomic mass is 9.87. The zero-order valence-corrected chi connectivity index (χ0v) is 17.9. The van der Waals surface area contributed by atoms with Gasteiger partial charge >= 0.3 is 0 Å². The van der Waals surface area contributed by atoms with E-state index in [2.05, 4.69) is 5.32 Å². The van der Waals surface area contributed by atoms with Gasteiger partial charge in [-0.25, -0.2) is 0 Å². The highest BCUT2D eigenvalue weighted by Crippen LogP contribution is 2.44. The molecular weight excluding hydrogens is 405 g/mol. The Bertz CT molecular complexity index is 938. The summed E-state index contributed by atoms with van der Waals surface area (Å²) in [6.07, 6.45) is 1.40. The van der Waals surface area contributed by atoms with Crippen LogP contribution in [0.2, 0.25) is 10.0 Å². The van der Waals surface area contributed by atoms with Crippen LogP contribution >= 0.6 is 35.4 Å². The molecule has 7 heteroatoms. The molecule has 2 aromatic carbocycles. The molecule has 0 radical (unpaired) electrons. The minimum atomic E-state index is -0.722. The number of halogens is 2. The number of phenolic OH excluding ortho intramolecular Hbond substituents is 2. The van der Waals surface area contributed by atoms with Gasteiger partial charge in [0, 0.05) is 11.3 Å². The van der Waals surface area contributed by atoms with Gasteiger partial charge in [0.25, 0.3) is 0 Å². The molecule has 1 unspecified atom stereocenters. The maximum absolute atomic E-state index is 10.3. The molecule has 1 aliphatic rings. The van der Waals surface area contributed by atoms with E-state index in [0.29, 0.717) is 22.8 Å². The van der Waals surface area contributed by atoms with Crippen molar-refractivity contribution in [2.45, 2.75) is 46.1 Å². The van der Waals surface area contributed by atoms with Crippen molar-refractivity contribution in [1.29, 1.82) is 0 Å². The first-order valence-electron chi connectivity index (χ1n) is 8.55. The van der Waals surface area contributed by atoms with Gasteiger partial charge in [0.2, 0.25) is 0 Å². The van der Waals surface area contributed by atoms with Crippen LogP contribution in [0.3, 0.4) is 0 Å². The normalized spacial score (nSPS) is 18.6. The quantitative estimate of drug-likeness (QED) is 0.415. The Morgan fingerprint density at radius 2 is 1.67 bits per heavy atom. The van der Waals surface area contributed by atoms with Gasteiger partial charge in [-0.3, -0.25) is 0 Å². The van der Waals surface area contributed by atoms with E-state index in [4.69, 9.17) is 40.2 Å². The Balaban J connectivity index is 1.92. The second-order valence-corrected chi connectivity index (χ2v) is 8.33. The van der Waals surface area contributed by atoms with E-state index in [0.717, 1.165) is 34.4 Å². The van der Waals surface area contributed by atoms with Crippen molar-refractivity contribution in [2.75, 3.05) is 5.32 Å². The molecule has 1 aliphatic heterocycles. The molecule has 0 aliphatic carbocycles. The molecule has 4 nitrogen and oxygen atoms in total. The summed E-state index contributed by atoms with van der Waals surface area (Å²) in [7, 11) is 0. The van der Waals surface area contributed by atoms with Gasteiger partial charge in [-0.1, -0.05) is 35.4 Å². The predicted molar refractivity (Wildman–Crippen MR) is 114 cm³/mol. The molecule has 27 heavy (non-hydrogen) atoms. The molecule has 0 amide bonds. The Kier molecular flexibility index (Phi) is 5.23. The van der Waals surface area contributed by atoms with Gasteiger partial charge in [-0.2, -0.15) is 0 Å². The van der Waals surface area contributed by atoms with Gasteiger partial charge in [-0.05, 0) is 69.4 Å². The van der Waals surface area contributed by atoms with Crippen LogP contribution in [0.5, 0.6) is 17.2 Å². The lowest BCUT2D eigenvalue weighted by Gasteiger charge is -2.38. The SMILES string of the molecule is Cc1c(C)c2c(c(C)c1O)CCC(C)(C(=S)Nc1cc(Cl)c(O)c(Cl)c1)O2. The fraction of sp³-hybridized carbons (Fsp3) is 0.350. The van der Waals surface area contributed by atoms with Crippen LogP contribution in [-0.4, -0.2) is 20.8 Å². The lowest BCUT2D eigenvalue weighted by Crippen LogP contribution is -2.47. The minimum Gasteiger partial charge on any atom is -0.507 e. The van der Waals surface area contributed by atoms with E-state index in [-0.39, 0.29) is 15.8 Å². The summed E-state index contributed by atoms with van der Waals surface area (Å²) in [5, 5.41) is 23.4. The number of rotatable bonds is 2. The molecule has 0 bridgehead atoms. The average Bonchev–Trinajstić information content (AvgIpc) is 2.62. The number of aromatic hydroxyl groups is 2. The first kappa shape index (κ1) is 20.1. The number of ether oxygens (including phenoxy) is 1. The average molecular weight is 426 g/mol. The van der Waals surface area contributed by atoms with Crippen LogP contribution < -0.4 is 10.1 Å². The van der Waals surface area contributed by atoms with Crippen LogP contribution in [0, 0.1) is 20.8 Å². The Labute approximate surface area is 174 Å². The molecule has 1 heterocycles. The number of anilines is 1. The molecule has 0 saturated carbocycles. The molecule has 1 atom stereocenters. The summed E-state index contributed by atoms with van der Waals surface area (Å²) in [4.78, 5) is 0.494. The van der Waals surface area contributed by atoms with Crippen molar-refractivity contribution in [3.63, 3.8) is 0 Å². The van der Waals surface area contributed by atoms with Crippen LogP contribution in [0.15, 0.2) is 12.1 Å². The highest BCUT2D eigenvalue weighted by molar-refractivity contribution is 7.80. The summed E-state index contributed by atoms with van der Waals surface area (Å²) in [6.45, 7) is 7.66. The van der Waals surface area contributed by atoms with Gasteiger partial charge in [0.05, 0.1) is 10.0 Å². The molecule has 144 valence electrons. The van der Waals surface area contributed by atoms with Gasteiger partial charge in [0.1, 0.15) is 16.5 Å². The number of fused-ring (bicyclic) bond motifs is 1. The fourth-order valence-corrected chi connectivity index (χ4v) is 4.06. The standard InChI is InChI=1S/C20H21Cl2NO3S/c1-9-10(2)18-13(11(3)16(9)24)5-6-20(4,26-18)19(27)23-12-7-14(21)17(25)15(22)8-12/h7-8,24-25H,5-6H2,1-4H3,(H,23,27). The van der Waals surface area contributed by atoms with Crippen molar-refractivity contribution in [3.8, 4) is 17.2 Å². The topological polar surface area (TPSA) is 61.7 Å². The first-order valence-corrected chi connectivity index (χ1v) is 9.71. The fourth-order valence-electron chi connectivity index (χ4n) is 3.31. The summed E-state index contributed by atoms with van der Waals surface area (Å²) in [5.41, 5.74) is 3.46. The number of nitrogens with one attached hydrogen (secondary N) is 1. The number of thiocarbonyl (C=S) groups is 1.